The first-order chi connectivity index (χ1) is 7.37. The van der Waals surface area contributed by atoms with Crippen LogP contribution < -0.4 is 0 Å². The van der Waals surface area contributed by atoms with E-state index in [4.69, 9.17) is 5.11 Å². The first kappa shape index (κ1) is 11.9. The zero-order chi connectivity index (χ0) is 11.9. The summed E-state index contributed by atoms with van der Waals surface area (Å²) in [5, 5.41) is 9.00. The Balaban J connectivity index is 2.13. The van der Waals surface area contributed by atoms with Crippen molar-refractivity contribution in [2.45, 2.75) is 33.1 Å². The van der Waals surface area contributed by atoms with Gasteiger partial charge >= 0.3 is 5.97 Å². The summed E-state index contributed by atoms with van der Waals surface area (Å²) in [5.41, 5.74) is 0.408. The monoisotopic (exact) mass is 225 g/mol. The minimum absolute atomic E-state index is 0.374. The number of fused-ring (bicyclic) bond motifs is 2. The van der Waals surface area contributed by atoms with Crippen LogP contribution in [-0.4, -0.2) is 36.1 Å². The third-order valence-corrected chi connectivity index (χ3v) is 4.34. The second kappa shape index (κ2) is 4.02. The van der Waals surface area contributed by atoms with Crippen LogP contribution in [-0.2, 0) is 4.79 Å². The normalized spacial score (nSPS) is 38.3. The molecule has 1 N–H and O–H groups in total. The molecule has 3 nitrogen and oxygen atoms in total. The molecule has 2 aliphatic rings. The van der Waals surface area contributed by atoms with Crippen molar-refractivity contribution >= 4 is 5.97 Å². The van der Waals surface area contributed by atoms with E-state index in [9.17, 15) is 4.79 Å². The Labute approximate surface area is 97.8 Å². The van der Waals surface area contributed by atoms with E-state index < -0.39 is 5.97 Å². The second-order valence-electron chi connectivity index (χ2n) is 6.58. The topological polar surface area (TPSA) is 40.5 Å². The van der Waals surface area contributed by atoms with E-state index >= 15 is 0 Å². The lowest BCUT2D eigenvalue weighted by molar-refractivity contribution is -0.141. The number of carbonyl (C=O) groups is 1. The summed E-state index contributed by atoms with van der Waals surface area (Å²) < 4.78 is 0. The van der Waals surface area contributed by atoms with E-state index in [0.717, 1.165) is 13.1 Å². The molecule has 16 heavy (non-hydrogen) atoms. The number of piperidine rings is 1. The summed E-state index contributed by atoms with van der Waals surface area (Å²) >= 11 is 0. The Morgan fingerprint density at radius 2 is 1.81 bits per heavy atom. The van der Waals surface area contributed by atoms with Gasteiger partial charge in [0.15, 0.2) is 0 Å². The van der Waals surface area contributed by atoms with Crippen LogP contribution in [0.3, 0.4) is 0 Å². The summed E-state index contributed by atoms with van der Waals surface area (Å²) in [5.74, 6) is 0.971. The van der Waals surface area contributed by atoms with Gasteiger partial charge in [0.2, 0.25) is 0 Å². The molecule has 1 aliphatic heterocycles. The van der Waals surface area contributed by atoms with E-state index in [1.165, 1.54) is 12.8 Å². The van der Waals surface area contributed by atoms with Crippen LogP contribution in [0.25, 0.3) is 0 Å². The fraction of sp³-hybridized carbons (Fsp3) is 0.923. The third kappa shape index (κ3) is 2.40. The maximum absolute atomic E-state index is 10.9. The fourth-order valence-corrected chi connectivity index (χ4v) is 4.00. The smallest absolute Gasteiger partial charge is 0.303 e. The lowest BCUT2D eigenvalue weighted by atomic mass is 9.59. The predicted octanol–water partition coefficient (Wildman–Crippen LogP) is 2.08. The second-order valence-corrected chi connectivity index (χ2v) is 6.58. The Bertz CT molecular complexity index is 270. The highest BCUT2D eigenvalue weighted by atomic mass is 16.4. The van der Waals surface area contributed by atoms with Gasteiger partial charge in [-0.1, -0.05) is 13.8 Å². The molecular weight excluding hydrogens is 202 g/mol. The van der Waals surface area contributed by atoms with Gasteiger partial charge in [0.05, 0.1) is 0 Å². The zero-order valence-electron chi connectivity index (χ0n) is 10.6. The molecule has 0 amide bonds. The first-order valence-corrected chi connectivity index (χ1v) is 6.28. The fourth-order valence-electron chi connectivity index (χ4n) is 4.00. The molecule has 1 heterocycles. The molecule has 0 radical (unpaired) electrons. The number of carboxylic acids is 1. The highest BCUT2D eigenvalue weighted by Gasteiger charge is 2.45. The number of rotatable bonds is 2. The van der Waals surface area contributed by atoms with Crippen molar-refractivity contribution in [3.05, 3.63) is 0 Å². The van der Waals surface area contributed by atoms with Crippen LogP contribution >= 0.6 is 0 Å². The molecule has 3 heteroatoms. The molecule has 1 saturated heterocycles. The van der Waals surface area contributed by atoms with E-state index in [1.807, 2.05) is 0 Å². The molecule has 1 aliphatic carbocycles. The van der Waals surface area contributed by atoms with Crippen LogP contribution in [0.1, 0.15) is 33.1 Å². The van der Waals surface area contributed by atoms with E-state index in [-0.39, 0.29) is 0 Å². The van der Waals surface area contributed by atoms with Crippen molar-refractivity contribution in [1.29, 1.82) is 0 Å². The maximum atomic E-state index is 10.9. The van der Waals surface area contributed by atoms with Gasteiger partial charge < -0.3 is 10.0 Å². The largest absolute Gasteiger partial charge is 0.481 e. The van der Waals surface area contributed by atoms with E-state index in [0.29, 0.717) is 29.6 Å². The molecule has 2 fully saturated rings. The minimum Gasteiger partial charge on any atom is -0.481 e. The van der Waals surface area contributed by atoms with Crippen LogP contribution in [0.4, 0.5) is 0 Å². The molecule has 0 spiro atoms. The summed E-state index contributed by atoms with van der Waals surface area (Å²) in [6, 6.07) is 0. The number of aliphatic carboxylic acids is 1. The maximum Gasteiger partial charge on any atom is 0.303 e. The Morgan fingerprint density at radius 3 is 2.25 bits per heavy atom. The van der Waals surface area contributed by atoms with Crippen molar-refractivity contribution in [2.75, 3.05) is 20.1 Å². The van der Waals surface area contributed by atoms with Gasteiger partial charge in [0.1, 0.15) is 0 Å². The Hall–Kier alpha value is -0.570. The number of hydrogen-bond acceptors (Lipinski definition) is 2. The summed E-state index contributed by atoms with van der Waals surface area (Å²) in [4.78, 5) is 13.3. The molecule has 2 rings (SSSR count). The molecule has 2 bridgehead atoms. The highest BCUT2D eigenvalue weighted by molar-refractivity contribution is 5.67. The average Bonchev–Trinajstić information content (AvgIpc) is 2.06. The van der Waals surface area contributed by atoms with Gasteiger partial charge in [-0.2, -0.15) is 0 Å². The Kier molecular flexibility index (Phi) is 2.99. The van der Waals surface area contributed by atoms with Crippen molar-refractivity contribution in [2.24, 2.45) is 23.2 Å². The molecule has 0 aromatic rings. The van der Waals surface area contributed by atoms with Gasteiger partial charge in [-0.3, -0.25) is 4.79 Å². The average molecular weight is 225 g/mol. The van der Waals surface area contributed by atoms with Crippen molar-refractivity contribution < 1.29 is 9.90 Å². The minimum atomic E-state index is -0.621. The molecule has 92 valence electrons. The molecule has 1 saturated carbocycles. The quantitative estimate of drug-likeness (QED) is 0.782. The number of hydrogen-bond donors (Lipinski definition) is 1. The van der Waals surface area contributed by atoms with Crippen LogP contribution in [0.15, 0.2) is 0 Å². The standard InChI is InChI=1S/C13H23NO2/c1-13(2)5-9-7-14(3)8-10(6-13)11(9)4-12(15)16/h9-11H,4-8H2,1-3H3,(H,15,16). The van der Waals surface area contributed by atoms with Gasteiger partial charge in [0.25, 0.3) is 0 Å². The van der Waals surface area contributed by atoms with Gasteiger partial charge in [-0.25, -0.2) is 0 Å². The summed E-state index contributed by atoms with van der Waals surface area (Å²) in [7, 11) is 2.16. The highest BCUT2D eigenvalue weighted by Crippen LogP contribution is 2.49. The van der Waals surface area contributed by atoms with E-state index in [1.54, 1.807) is 0 Å². The van der Waals surface area contributed by atoms with E-state index in [2.05, 4.69) is 25.8 Å². The van der Waals surface area contributed by atoms with Gasteiger partial charge in [0, 0.05) is 19.5 Å². The SMILES string of the molecule is CN1CC2CC(C)(C)CC(C1)C2CC(=O)O. The molecule has 2 unspecified atom stereocenters. The van der Waals surface area contributed by atoms with Crippen molar-refractivity contribution in [1.82, 2.24) is 4.90 Å². The van der Waals surface area contributed by atoms with Crippen LogP contribution in [0.2, 0.25) is 0 Å². The van der Waals surface area contributed by atoms with Crippen molar-refractivity contribution in [3.63, 3.8) is 0 Å². The summed E-state index contributed by atoms with van der Waals surface area (Å²) in [6.07, 6.45) is 2.75. The summed E-state index contributed by atoms with van der Waals surface area (Å²) in [6.45, 7) is 6.82. The van der Waals surface area contributed by atoms with Gasteiger partial charge in [-0.05, 0) is 43.1 Å². The molecule has 0 aromatic heterocycles. The zero-order valence-corrected chi connectivity index (χ0v) is 10.6. The number of nitrogens with zero attached hydrogens (tertiary/aromatic N) is 1. The molecular formula is C13H23NO2. The number of carboxylic acid groups (broad SMARTS) is 1. The molecule has 0 aromatic carbocycles. The Morgan fingerprint density at radius 1 is 1.31 bits per heavy atom. The lowest BCUT2D eigenvalue weighted by Gasteiger charge is -2.51. The van der Waals surface area contributed by atoms with Gasteiger partial charge in [-0.15, -0.1) is 0 Å². The van der Waals surface area contributed by atoms with Crippen LogP contribution in [0.5, 0.6) is 0 Å². The number of likely N-dealkylation sites (tertiary alicyclic amines) is 1. The first-order valence-electron chi connectivity index (χ1n) is 6.28. The third-order valence-electron chi connectivity index (χ3n) is 4.34. The predicted molar refractivity (Wildman–Crippen MR) is 63.2 cm³/mol. The molecule has 2 atom stereocenters. The lowest BCUT2D eigenvalue weighted by Crippen LogP contribution is -2.51. The van der Waals surface area contributed by atoms with Crippen molar-refractivity contribution in [3.8, 4) is 0 Å². The van der Waals surface area contributed by atoms with Crippen LogP contribution in [0, 0.1) is 23.2 Å².